The summed E-state index contributed by atoms with van der Waals surface area (Å²) in [5.41, 5.74) is 3.48. The van der Waals surface area contributed by atoms with Crippen molar-refractivity contribution in [2.24, 2.45) is 0 Å². The molecule has 5 nitrogen and oxygen atoms in total. The lowest BCUT2D eigenvalue weighted by molar-refractivity contribution is 0.0697. The van der Waals surface area contributed by atoms with Crippen molar-refractivity contribution in [1.29, 1.82) is 0 Å². The number of halogens is 1. The van der Waals surface area contributed by atoms with E-state index in [1.54, 1.807) is 42.5 Å². The molecule has 0 aliphatic heterocycles. The molecule has 164 valence electrons. The number of carbonyl (C=O) groups excluding carboxylic acids is 1. The molecule has 0 atom stereocenters. The highest BCUT2D eigenvalue weighted by Crippen LogP contribution is 2.35. The van der Waals surface area contributed by atoms with Crippen molar-refractivity contribution in [2.75, 3.05) is 10.6 Å². The van der Waals surface area contributed by atoms with E-state index in [1.807, 2.05) is 12.1 Å². The maximum absolute atomic E-state index is 12.8. The SMILES string of the molecule is O=C(Nc1ccc(C2CCCCC2)cc1Cl)c1cccc(Nc2ccccc2C(=O)O)c1. The van der Waals surface area contributed by atoms with Crippen LogP contribution in [-0.2, 0) is 0 Å². The zero-order valence-electron chi connectivity index (χ0n) is 17.6. The van der Waals surface area contributed by atoms with Gasteiger partial charge in [0.15, 0.2) is 0 Å². The Balaban J connectivity index is 1.48. The second-order valence-corrected chi connectivity index (χ2v) is 8.49. The van der Waals surface area contributed by atoms with Crippen LogP contribution in [0.25, 0.3) is 0 Å². The van der Waals surface area contributed by atoms with Crippen LogP contribution in [-0.4, -0.2) is 17.0 Å². The summed E-state index contributed by atoms with van der Waals surface area (Å²) in [5, 5.41) is 15.9. The molecule has 3 aromatic rings. The van der Waals surface area contributed by atoms with Gasteiger partial charge in [-0.25, -0.2) is 4.79 Å². The van der Waals surface area contributed by atoms with E-state index in [4.69, 9.17) is 11.6 Å². The third-order valence-corrected chi connectivity index (χ3v) is 6.19. The molecule has 3 N–H and O–H groups in total. The number of anilines is 3. The van der Waals surface area contributed by atoms with Crippen LogP contribution in [0.4, 0.5) is 17.1 Å². The Morgan fingerprint density at radius 3 is 2.41 bits per heavy atom. The molecule has 0 radical (unpaired) electrons. The molecule has 1 fully saturated rings. The van der Waals surface area contributed by atoms with Crippen molar-refractivity contribution in [1.82, 2.24) is 0 Å². The van der Waals surface area contributed by atoms with Gasteiger partial charge >= 0.3 is 5.97 Å². The number of nitrogens with one attached hydrogen (secondary N) is 2. The van der Waals surface area contributed by atoms with Crippen LogP contribution in [0.1, 0.15) is 64.3 Å². The largest absolute Gasteiger partial charge is 0.478 e. The highest BCUT2D eigenvalue weighted by Gasteiger charge is 2.17. The Labute approximate surface area is 192 Å². The zero-order valence-corrected chi connectivity index (χ0v) is 18.4. The molecule has 6 heteroatoms. The fraction of sp³-hybridized carbons (Fsp3) is 0.231. The Kier molecular flexibility index (Phi) is 6.76. The second-order valence-electron chi connectivity index (χ2n) is 8.08. The van der Waals surface area contributed by atoms with Gasteiger partial charge in [0.1, 0.15) is 0 Å². The smallest absolute Gasteiger partial charge is 0.337 e. The monoisotopic (exact) mass is 448 g/mol. The van der Waals surface area contributed by atoms with Crippen LogP contribution >= 0.6 is 11.6 Å². The lowest BCUT2D eigenvalue weighted by atomic mass is 9.84. The molecule has 3 aromatic carbocycles. The first kappa shape index (κ1) is 21.9. The minimum absolute atomic E-state index is 0.159. The molecular weight excluding hydrogens is 424 g/mol. The number of para-hydroxylation sites is 1. The van der Waals surface area contributed by atoms with Crippen molar-refractivity contribution >= 4 is 40.5 Å². The van der Waals surface area contributed by atoms with Gasteiger partial charge in [0.25, 0.3) is 5.91 Å². The van der Waals surface area contributed by atoms with E-state index in [-0.39, 0.29) is 11.5 Å². The first-order valence-corrected chi connectivity index (χ1v) is 11.2. The highest BCUT2D eigenvalue weighted by molar-refractivity contribution is 6.34. The summed E-state index contributed by atoms with van der Waals surface area (Å²) in [4.78, 5) is 24.3. The summed E-state index contributed by atoms with van der Waals surface area (Å²) < 4.78 is 0. The fourth-order valence-corrected chi connectivity index (χ4v) is 4.43. The van der Waals surface area contributed by atoms with Gasteiger partial charge in [0, 0.05) is 11.3 Å². The van der Waals surface area contributed by atoms with Gasteiger partial charge < -0.3 is 15.7 Å². The Bertz CT molecular complexity index is 1140. The van der Waals surface area contributed by atoms with Crippen molar-refractivity contribution in [3.05, 3.63) is 88.4 Å². The number of benzene rings is 3. The summed E-state index contributed by atoms with van der Waals surface area (Å²) in [7, 11) is 0. The van der Waals surface area contributed by atoms with Crippen molar-refractivity contribution in [3.8, 4) is 0 Å². The van der Waals surface area contributed by atoms with Crippen LogP contribution < -0.4 is 10.6 Å². The van der Waals surface area contributed by atoms with E-state index in [1.165, 1.54) is 43.7 Å². The van der Waals surface area contributed by atoms with E-state index in [9.17, 15) is 14.7 Å². The lowest BCUT2D eigenvalue weighted by Crippen LogP contribution is -2.13. The molecule has 0 aromatic heterocycles. The third kappa shape index (κ3) is 5.11. The van der Waals surface area contributed by atoms with Crippen molar-refractivity contribution < 1.29 is 14.7 Å². The maximum atomic E-state index is 12.8. The average molecular weight is 449 g/mol. The van der Waals surface area contributed by atoms with Gasteiger partial charge in [0.05, 0.1) is 22.0 Å². The van der Waals surface area contributed by atoms with Gasteiger partial charge in [-0.05, 0) is 66.8 Å². The molecule has 1 saturated carbocycles. The normalized spacial score (nSPS) is 14.0. The topological polar surface area (TPSA) is 78.4 Å². The number of carbonyl (C=O) groups is 2. The minimum Gasteiger partial charge on any atom is -0.478 e. The Morgan fingerprint density at radius 1 is 0.875 bits per heavy atom. The molecule has 0 heterocycles. The summed E-state index contributed by atoms with van der Waals surface area (Å²) in [6, 6.07) is 19.4. The standard InChI is InChI=1S/C26H25ClN2O3/c27-22-16-18(17-7-2-1-3-8-17)13-14-24(22)29-25(30)19-9-6-10-20(15-19)28-23-12-5-4-11-21(23)26(31)32/h4-6,9-17,28H,1-3,7-8H2,(H,29,30)(H,31,32). The number of rotatable bonds is 6. The van der Waals surface area contributed by atoms with E-state index >= 15 is 0 Å². The van der Waals surface area contributed by atoms with E-state index in [0.29, 0.717) is 33.6 Å². The Hall–Kier alpha value is -3.31. The third-order valence-electron chi connectivity index (χ3n) is 5.88. The first-order valence-electron chi connectivity index (χ1n) is 10.8. The molecule has 1 amide bonds. The van der Waals surface area contributed by atoms with E-state index in [2.05, 4.69) is 16.7 Å². The number of carboxylic acid groups (broad SMARTS) is 1. The van der Waals surface area contributed by atoms with E-state index < -0.39 is 5.97 Å². The average Bonchev–Trinajstić information content (AvgIpc) is 2.81. The number of aromatic carboxylic acids is 1. The second kappa shape index (κ2) is 9.88. The first-order chi connectivity index (χ1) is 15.5. The predicted molar refractivity (Wildman–Crippen MR) is 128 cm³/mol. The van der Waals surface area contributed by atoms with Crippen LogP contribution in [0.2, 0.25) is 5.02 Å². The van der Waals surface area contributed by atoms with Gasteiger partial charge in [-0.2, -0.15) is 0 Å². The minimum atomic E-state index is -1.02. The summed E-state index contributed by atoms with van der Waals surface area (Å²) in [6.45, 7) is 0. The highest BCUT2D eigenvalue weighted by atomic mass is 35.5. The van der Waals surface area contributed by atoms with Gasteiger partial charge in [0.2, 0.25) is 0 Å². The fourth-order valence-electron chi connectivity index (χ4n) is 4.19. The maximum Gasteiger partial charge on any atom is 0.337 e. The van der Waals surface area contributed by atoms with Gasteiger partial charge in [-0.3, -0.25) is 4.79 Å². The summed E-state index contributed by atoms with van der Waals surface area (Å²) >= 11 is 6.48. The zero-order chi connectivity index (χ0) is 22.5. The lowest BCUT2D eigenvalue weighted by Gasteiger charge is -2.22. The van der Waals surface area contributed by atoms with Crippen LogP contribution in [0.15, 0.2) is 66.7 Å². The van der Waals surface area contributed by atoms with Crippen LogP contribution in [0, 0.1) is 0 Å². The van der Waals surface area contributed by atoms with E-state index in [0.717, 1.165) is 0 Å². The van der Waals surface area contributed by atoms with Crippen LogP contribution in [0.3, 0.4) is 0 Å². The van der Waals surface area contributed by atoms with Crippen molar-refractivity contribution in [3.63, 3.8) is 0 Å². The molecular formula is C26H25ClN2O3. The quantitative estimate of drug-likeness (QED) is 0.376. The van der Waals surface area contributed by atoms with Crippen molar-refractivity contribution in [2.45, 2.75) is 38.0 Å². The molecule has 32 heavy (non-hydrogen) atoms. The number of hydrogen-bond donors (Lipinski definition) is 3. The summed E-state index contributed by atoms with van der Waals surface area (Å²) in [5.74, 6) is -0.761. The molecule has 1 aliphatic rings. The van der Waals surface area contributed by atoms with Crippen LogP contribution in [0.5, 0.6) is 0 Å². The number of carboxylic acids is 1. The van der Waals surface area contributed by atoms with Gasteiger partial charge in [-0.1, -0.05) is 55.1 Å². The summed E-state index contributed by atoms with van der Waals surface area (Å²) in [6.07, 6.45) is 6.18. The molecule has 0 spiro atoms. The Morgan fingerprint density at radius 2 is 1.66 bits per heavy atom. The van der Waals surface area contributed by atoms with Gasteiger partial charge in [-0.15, -0.1) is 0 Å². The predicted octanol–water partition coefficient (Wildman–Crippen LogP) is 7.08. The number of hydrogen-bond acceptors (Lipinski definition) is 3. The number of amides is 1. The molecule has 1 aliphatic carbocycles. The molecule has 0 bridgehead atoms. The molecule has 4 rings (SSSR count). The molecule has 0 saturated heterocycles. The molecule has 0 unspecified atom stereocenters.